The van der Waals surface area contributed by atoms with Crippen LogP contribution in [0, 0.1) is 5.41 Å². The monoisotopic (exact) mass is 406 g/mol. The molecule has 30 heavy (non-hydrogen) atoms. The lowest BCUT2D eigenvalue weighted by atomic mass is 9.78. The van der Waals surface area contributed by atoms with Gasteiger partial charge >= 0.3 is 0 Å². The molecule has 3 fully saturated rings. The number of benzene rings is 1. The fraction of sp³-hybridized carbons (Fsp3) is 0.542. The lowest BCUT2D eigenvalue weighted by molar-refractivity contribution is -0.139. The van der Waals surface area contributed by atoms with E-state index in [4.69, 9.17) is 0 Å². The van der Waals surface area contributed by atoms with Gasteiger partial charge in [0.25, 0.3) is 0 Å². The number of hydrogen-bond donors (Lipinski definition) is 1. The minimum absolute atomic E-state index is 0.186. The minimum atomic E-state index is -0.296. The summed E-state index contributed by atoms with van der Waals surface area (Å²) in [4.78, 5) is 27.1. The van der Waals surface area contributed by atoms with Gasteiger partial charge in [0.1, 0.15) is 0 Å². The summed E-state index contributed by atoms with van der Waals surface area (Å²) in [5.41, 5.74) is 1.82. The molecule has 0 bridgehead atoms. The average molecular weight is 407 g/mol. The fourth-order valence-electron chi connectivity index (χ4n) is 5.51. The van der Waals surface area contributed by atoms with E-state index >= 15 is 0 Å². The zero-order valence-electron chi connectivity index (χ0n) is 17.4. The summed E-state index contributed by atoms with van der Waals surface area (Å²) in [6.07, 6.45) is 9.93. The highest BCUT2D eigenvalue weighted by molar-refractivity contribution is 5.86. The molecule has 1 aromatic carbocycles. The van der Waals surface area contributed by atoms with Gasteiger partial charge < -0.3 is 14.9 Å². The van der Waals surface area contributed by atoms with Crippen LogP contribution in [0.4, 0.5) is 5.95 Å². The molecular formula is C24H30N4O2. The average Bonchev–Trinajstić information content (AvgIpc) is 3.10. The van der Waals surface area contributed by atoms with Crippen molar-refractivity contribution in [2.75, 3.05) is 24.5 Å². The van der Waals surface area contributed by atoms with Gasteiger partial charge in [-0.05, 0) is 50.5 Å². The van der Waals surface area contributed by atoms with E-state index in [2.05, 4.69) is 31.9 Å². The first-order chi connectivity index (χ1) is 14.6. The molecule has 6 heteroatoms. The van der Waals surface area contributed by atoms with E-state index in [1.165, 1.54) is 0 Å². The molecule has 6 nitrogen and oxygen atoms in total. The topological polar surface area (TPSA) is 69.6 Å². The van der Waals surface area contributed by atoms with Crippen LogP contribution in [0.1, 0.15) is 44.9 Å². The quantitative estimate of drug-likeness (QED) is 0.847. The van der Waals surface area contributed by atoms with E-state index in [-0.39, 0.29) is 11.5 Å². The highest BCUT2D eigenvalue weighted by Crippen LogP contribution is 2.43. The number of piperidine rings is 1. The van der Waals surface area contributed by atoms with Gasteiger partial charge in [-0.25, -0.2) is 9.97 Å². The van der Waals surface area contributed by atoms with Crippen LogP contribution in [0.3, 0.4) is 0 Å². The number of aliphatic hydroxyl groups is 1. The molecule has 2 aromatic rings. The van der Waals surface area contributed by atoms with Gasteiger partial charge in [-0.15, -0.1) is 0 Å². The third-order valence-corrected chi connectivity index (χ3v) is 7.26. The minimum Gasteiger partial charge on any atom is -0.393 e. The first kappa shape index (κ1) is 19.5. The molecule has 158 valence electrons. The van der Waals surface area contributed by atoms with Crippen molar-refractivity contribution in [3.8, 4) is 11.1 Å². The molecule has 1 saturated carbocycles. The van der Waals surface area contributed by atoms with E-state index in [9.17, 15) is 9.90 Å². The van der Waals surface area contributed by atoms with Crippen LogP contribution in [0.5, 0.6) is 0 Å². The second kappa shape index (κ2) is 7.99. The molecule has 1 aromatic heterocycles. The van der Waals surface area contributed by atoms with Gasteiger partial charge in [-0.2, -0.15) is 0 Å². The summed E-state index contributed by atoms with van der Waals surface area (Å²) in [6.45, 7) is 2.46. The molecule has 1 atom stereocenters. The summed E-state index contributed by atoms with van der Waals surface area (Å²) in [5, 5.41) is 9.81. The Labute approximate surface area is 177 Å². The molecule has 1 spiro atoms. The lowest BCUT2D eigenvalue weighted by Crippen LogP contribution is -2.50. The predicted molar refractivity (Wildman–Crippen MR) is 116 cm³/mol. The Hall–Kier alpha value is -2.47. The number of anilines is 1. The highest BCUT2D eigenvalue weighted by atomic mass is 16.3. The van der Waals surface area contributed by atoms with Gasteiger partial charge in [-0.1, -0.05) is 30.3 Å². The number of hydrogen-bond acceptors (Lipinski definition) is 5. The SMILES string of the molecule is O=C1N(C2CCC(O)CC2)CC[C@@]12CCCN(c1ncc(-c3ccccc3)cn1)C2. The second-order valence-corrected chi connectivity index (χ2v) is 9.15. The third kappa shape index (κ3) is 3.58. The van der Waals surface area contributed by atoms with Crippen LogP contribution in [0.25, 0.3) is 11.1 Å². The molecule has 3 aliphatic rings. The number of nitrogens with zero attached hydrogens (tertiary/aromatic N) is 4. The Bertz CT molecular complexity index is 880. The van der Waals surface area contributed by atoms with Crippen LogP contribution in [0.15, 0.2) is 42.7 Å². The van der Waals surface area contributed by atoms with Gasteiger partial charge in [0.15, 0.2) is 0 Å². The maximum absolute atomic E-state index is 13.5. The fourth-order valence-corrected chi connectivity index (χ4v) is 5.51. The molecule has 1 amide bonds. The number of rotatable bonds is 3. The van der Waals surface area contributed by atoms with Crippen LogP contribution in [-0.4, -0.2) is 57.7 Å². The summed E-state index contributed by atoms with van der Waals surface area (Å²) in [7, 11) is 0. The number of aromatic nitrogens is 2. The molecule has 3 heterocycles. The smallest absolute Gasteiger partial charge is 0.230 e. The molecule has 5 rings (SSSR count). The Morgan fingerprint density at radius 2 is 1.67 bits per heavy atom. The van der Waals surface area contributed by atoms with Crippen molar-refractivity contribution in [1.29, 1.82) is 0 Å². The number of carbonyl (C=O) groups is 1. The van der Waals surface area contributed by atoms with Gasteiger partial charge in [-0.3, -0.25) is 4.79 Å². The van der Waals surface area contributed by atoms with E-state index in [1.54, 1.807) is 0 Å². The number of aliphatic hydroxyl groups excluding tert-OH is 1. The molecule has 2 aliphatic heterocycles. The number of carbonyl (C=O) groups excluding carboxylic acids is 1. The molecule has 0 radical (unpaired) electrons. The Morgan fingerprint density at radius 1 is 0.933 bits per heavy atom. The van der Waals surface area contributed by atoms with Crippen molar-refractivity contribution in [3.05, 3.63) is 42.7 Å². The zero-order valence-corrected chi connectivity index (χ0v) is 17.4. The summed E-state index contributed by atoms with van der Waals surface area (Å²) in [6, 6.07) is 10.5. The predicted octanol–water partition coefficient (Wildman–Crippen LogP) is 3.27. The largest absolute Gasteiger partial charge is 0.393 e. The van der Waals surface area contributed by atoms with Crippen molar-refractivity contribution in [3.63, 3.8) is 0 Å². The first-order valence-corrected chi connectivity index (χ1v) is 11.3. The Morgan fingerprint density at radius 3 is 2.40 bits per heavy atom. The van der Waals surface area contributed by atoms with E-state index < -0.39 is 0 Å². The standard InChI is InChI=1S/C24H30N4O2/c29-21-9-7-20(8-10-21)28-14-12-24(22(28)30)11-4-13-27(17-24)23-25-15-19(16-26-23)18-5-2-1-3-6-18/h1-3,5-6,15-16,20-21,29H,4,7-14,17H2/t20?,21?,24-/m1/s1. The lowest BCUT2D eigenvalue weighted by Gasteiger charge is -2.40. The van der Waals surface area contributed by atoms with Crippen molar-refractivity contribution in [1.82, 2.24) is 14.9 Å². The maximum Gasteiger partial charge on any atom is 0.230 e. The van der Waals surface area contributed by atoms with Crippen molar-refractivity contribution < 1.29 is 9.90 Å². The molecule has 0 unspecified atom stereocenters. The van der Waals surface area contributed by atoms with Crippen molar-refractivity contribution in [2.24, 2.45) is 5.41 Å². The molecular weight excluding hydrogens is 376 g/mol. The van der Waals surface area contributed by atoms with Crippen molar-refractivity contribution >= 4 is 11.9 Å². The second-order valence-electron chi connectivity index (χ2n) is 9.15. The Balaban J connectivity index is 1.29. The molecule has 1 N–H and O–H groups in total. The summed E-state index contributed by atoms with van der Waals surface area (Å²) < 4.78 is 0. The number of likely N-dealkylation sites (tertiary alicyclic amines) is 1. The van der Waals surface area contributed by atoms with Crippen molar-refractivity contribution in [2.45, 2.75) is 57.1 Å². The van der Waals surface area contributed by atoms with E-state index in [0.29, 0.717) is 18.5 Å². The third-order valence-electron chi connectivity index (χ3n) is 7.26. The Kier molecular flexibility index (Phi) is 5.19. The van der Waals surface area contributed by atoms with Crippen LogP contribution in [0.2, 0.25) is 0 Å². The van der Waals surface area contributed by atoms with Crippen LogP contribution < -0.4 is 4.90 Å². The van der Waals surface area contributed by atoms with E-state index in [0.717, 1.165) is 75.1 Å². The summed E-state index contributed by atoms with van der Waals surface area (Å²) >= 11 is 0. The van der Waals surface area contributed by atoms with Gasteiger partial charge in [0.2, 0.25) is 11.9 Å². The zero-order chi connectivity index (χ0) is 20.6. The normalized spacial score (nSPS) is 29.6. The maximum atomic E-state index is 13.5. The first-order valence-electron chi connectivity index (χ1n) is 11.3. The highest BCUT2D eigenvalue weighted by Gasteiger charge is 2.50. The summed E-state index contributed by atoms with van der Waals surface area (Å²) in [5.74, 6) is 1.04. The van der Waals surface area contributed by atoms with Crippen LogP contribution >= 0.6 is 0 Å². The van der Waals surface area contributed by atoms with Gasteiger partial charge in [0.05, 0.1) is 11.5 Å². The molecule has 2 saturated heterocycles. The van der Waals surface area contributed by atoms with E-state index in [1.807, 2.05) is 30.6 Å². The van der Waals surface area contributed by atoms with Crippen LogP contribution in [-0.2, 0) is 4.79 Å². The number of amides is 1. The molecule has 1 aliphatic carbocycles. The van der Waals surface area contributed by atoms with Gasteiger partial charge in [0, 0.05) is 43.6 Å².